The second-order valence-corrected chi connectivity index (χ2v) is 8.31. The summed E-state index contributed by atoms with van der Waals surface area (Å²) in [6, 6.07) is -2.00. The molecule has 0 aromatic rings. The number of carbonyl (C=O) groups excluding carboxylic acids is 1. The summed E-state index contributed by atoms with van der Waals surface area (Å²) < 4.78 is 0. The van der Waals surface area contributed by atoms with Crippen molar-refractivity contribution in [3.8, 4) is 0 Å². The molecule has 1 amide bonds. The van der Waals surface area contributed by atoms with Crippen molar-refractivity contribution >= 4 is 23.8 Å². The highest BCUT2D eigenvalue weighted by Crippen LogP contribution is 2.06. The minimum Gasteiger partial charge on any atom is -0.480 e. The fourth-order valence-corrected chi connectivity index (χ4v) is 3.72. The van der Waals surface area contributed by atoms with Crippen LogP contribution in [0.4, 0.5) is 0 Å². The van der Waals surface area contributed by atoms with Crippen LogP contribution in [0.2, 0.25) is 0 Å². The molecule has 15 heteroatoms. The van der Waals surface area contributed by atoms with Gasteiger partial charge in [0.25, 0.3) is 0 Å². The molecule has 0 aliphatic carbocycles. The molecule has 0 aromatic carbocycles. The van der Waals surface area contributed by atoms with Crippen molar-refractivity contribution in [3.05, 3.63) is 0 Å². The summed E-state index contributed by atoms with van der Waals surface area (Å²) in [6.45, 7) is -0.950. The van der Waals surface area contributed by atoms with Crippen molar-refractivity contribution in [2.75, 3.05) is 91.8 Å². The smallest absolute Gasteiger partial charge is 0.317 e. The Hall–Kier alpha value is -2.40. The van der Waals surface area contributed by atoms with Gasteiger partial charge >= 0.3 is 17.9 Å². The van der Waals surface area contributed by atoms with E-state index < -0.39 is 55.7 Å². The van der Waals surface area contributed by atoms with Gasteiger partial charge in [0.1, 0.15) is 6.04 Å². The number of nitrogens with one attached hydrogen (secondary N) is 1. The van der Waals surface area contributed by atoms with E-state index in [0.717, 1.165) is 0 Å². The van der Waals surface area contributed by atoms with Crippen LogP contribution in [0.3, 0.4) is 0 Å². The van der Waals surface area contributed by atoms with E-state index in [1.165, 1.54) is 0 Å². The molecule has 7 N–H and O–H groups in total. The first-order valence-electron chi connectivity index (χ1n) is 11.3. The Morgan fingerprint density at radius 2 is 0.943 bits per heavy atom. The van der Waals surface area contributed by atoms with Crippen LogP contribution in [-0.2, 0) is 19.2 Å². The number of hydrogen-bond acceptors (Lipinski definition) is 11. The van der Waals surface area contributed by atoms with Crippen LogP contribution in [-0.4, -0.2) is 178 Å². The van der Waals surface area contributed by atoms with Crippen molar-refractivity contribution in [2.45, 2.75) is 12.1 Å². The van der Waals surface area contributed by atoms with Gasteiger partial charge in [-0.25, -0.2) is 0 Å². The molecule has 1 fully saturated rings. The minimum atomic E-state index is -1.08. The average Bonchev–Trinajstić information content (AvgIpc) is 2.78. The number of amides is 1. The molecular formula is C20H37N5O10. The topological polar surface area (TPSA) is 215 Å². The van der Waals surface area contributed by atoms with Crippen molar-refractivity contribution in [3.63, 3.8) is 0 Å². The van der Waals surface area contributed by atoms with E-state index in [9.17, 15) is 49.8 Å². The van der Waals surface area contributed by atoms with Crippen LogP contribution in [0, 0.1) is 0 Å². The highest BCUT2D eigenvalue weighted by Gasteiger charge is 2.28. The van der Waals surface area contributed by atoms with E-state index in [-0.39, 0.29) is 72.0 Å². The number of carbonyl (C=O) groups is 4. The lowest BCUT2D eigenvalue weighted by Gasteiger charge is -2.35. The molecule has 1 heterocycles. The maximum absolute atomic E-state index is 12.7. The fraction of sp³-hybridized carbons (Fsp3) is 0.800. The van der Waals surface area contributed by atoms with Gasteiger partial charge < -0.3 is 36.0 Å². The molecule has 0 spiro atoms. The van der Waals surface area contributed by atoms with Crippen LogP contribution in [0.15, 0.2) is 0 Å². The maximum atomic E-state index is 12.7. The Morgan fingerprint density at radius 1 is 0.600 bits per heavy atom. The van der Waals surface area contributed by atoms with Gasteiger partial charge in [0.05, 0.1) is 45.5 Å². The zero-order valence-corrected chi connectivity index (χ0v) is 19.7. The lowest BCUT2D eigenvalue weighted by molar-refractivity contribution is -0.141. The predicted octanol–water partition coefficient (Wildman–Crippen LogP) is -4.71. The second-order valence-electron chi connectivity index (χ2n) is 8.31. The number of carboxylic acids is 3. The third kappa shape index (κ3) is 12.2. The van der Waals surface area contributed by atoms with E-state index >= 15 is 0 Å². The summed E-state index contributed by atoms with van der Waals surface area (Å²) in [7, 11) is 0. The van der Waals surface area contributed by atoms with Crippen LogP contribution >= 0.6 is 0 Å². The lowest BCUT2D eigenvalue weighted by Crippen LogP contribution is -2.56. The first kappa shape index (κ1) is 30.6. The number of aliphatic hydroxyl groups excluding tert-OH is 3. The van der Waals surface area contributed by atoms with Gasteiger partial charge in [-0.1, -0.05) is 0 Å². The molecule has 1 rings (SSSR count). The van der Waals surface area contributed by atoms with Gasteiger partial charge in [-0.15, -0.1) is 0 Å². The number of hydrogen-bond donors (Lipinski definition) is 7. The molecule has 0 radical (unpaired) electrons. The molecule has 35 heavy (non-hydrogen) atoms. The Morgan fingerprint density at radius 3 is 1.23 bits per heavy atom. The normalized spacial score (nSPS) is 19.0. The van der Waals surface area contributed by atoms with E-state index in [1.807, 2.05) is 0 Å². The maximum Gasteiger partial charge on any atom is 0.317 e. The largest absolute Gasteiger partial charge is 0.480 e. The highest BCUT2D eigenvalue weighted by molar-refractivity contribution is 5.82. The molecule has 0 saturated carbocycles. The zero-order chi connectivity index (χ0) is 26.4. The first-order chi connectivity index (χ1) is 16.6. The van der Waals surface area contributed by atoms with Gasteiger partial charge in [-0.3, -0.25) is 38.8 Å². The zero-order valence-electron chi connectivity index (χ0n) is 19.7. The summed E-state index contributed by atoms with van der Waals surface area (Å²) in [6.07, 6.45) is 0. The minimum absolute atomic E-state index is 0.148. The average molecular weight is 508 g/mol. The van der Waals surface area contributed by atoms with Crippen molar-refractivity contribution in [1.29, 1.82) is 0 Å². The van der Waals surface area contributed by atoms with Gasteiger partial charge in [0.15, 0.2) is 0 Å². The van der Waals surface area contributed by atoms with Gasteiger partial charge in [-0.05, 0) is 0 Å². The van der Waals surface area contributed by atoms with Crippen molar-refractivity contribution in [1.82, 2.24) is 24.9 Å². The summed E-state index contributed by atoms with van der Waals surface area (Å²) in [5.41, 5.74) is 0. The third-order valence-electron chi connectivity index (χ3n) is 5.65. The quantitative estimate of drug-likeness (QED) is 0.132. The Labute approximate surface area is 203 Å². The lowest BCUT2D eigenvalue weighted by atomic mass is 10.2. The monoisotopic (exact) mass is 507 g/mol. The van der Waals surface area contributed by atoms with Crippen molar-refractivity contribution in [2.24, 2.45) is 0 Å². The van der Waals surface area contributed by atoms with Crippen LogP contribution in [0.1, 0.15) is 0 Å². The van der Waals surface area contributed by atoms with E-state index in [1.54, 1.807) is 19.6 Å². The standard InChI is InChI=1S/C20H37N5O10/c26-12-15(13-27)21-20(35)16(14-28)25-7-5-23(10-18(31)32)3-1-22(9-17(29)30)2-4-24(6-8-25)11-19(33)34/h15-16,26-28H,1-14H2,(H,21,35)(H,29,30)(H,31,32)(H,33,34). The van der Waals surface area contributed by atoms with Crippen LogP contribution in [0.5, 0.6) is 0 Å². The molecule has 1 aliphatic heterocycles. The van der Waals surface area contributed by atoms with E-state index in [0.29, 0.717) is 0 Å². The van der Waals surface area contributed by atoms with Crippen LogP contribution < -0.4 is 5.32 Å². The van der Waals surface area contributed by atoms with E-state index in [2.05, 4.69) is 5.32 Å². The molecule has 1 atom stereocenters. The Balaban J connectivity index is 3.12. The Bertz CT molecular complexity index is 661. The highest BCUT2D eigenvalue weighted by atomic mass is 16.4. The SMILES string of the molecule is O=C(O)CN1CCN(CC(=O)O)CCN(C(CO)C(=O)NC(CO)CO)CCN(CC(=O)O)CC1. The predicted molar refractivity (Wildman–Crippen MR) is 121 cm³/mol. The summed E-state index contributed by atoms with van der Waals surface area (Å²) in [5, 5.41) is 58.6. The van der Waals surface area contributed by atoms with E-state index in [4.69, 9.17) is 0 Å². The number of carboxylic acid groups (broad SMARTS) is 3. The molecule has 0 aromatic heterocycles. The molecular weight excluding hydrogens is 470 g/mol. The van der Waals surface area contributed by atoms with Gasteiger partial charge in [-0.2, -0.15) is 0 Å². The summed E-state index contributed by atoms with van der Waals surface area (Å²) in [5.74, 6) is -3.86. The number of aliphatic carboxylic acids is 3. The molecule has 1 aliphatic rings. The van der Waals surface area contributed by atoms with Gasteiger partial charge in [0.2, 0.25) is 5.91 Å². The van der Waals surface area contributed by atoms with Gasteiger partial charge in [0, 0.05) is 52.4 Å². The number of aliphatic hydroxyl groups is 3. The molecule has 202 valence electrons. The van der Waals surface area contributed by atoms with Crippen LogP contribution in [0.25, 0.3) is 0 Å². The molecule has 0 bridgehead atoms. The molecule has 15 nitrogen and oxygen atoms in total. The van der Waals surface area contributed by atoms with Crippen molar-refractivity contribution < 1.29 is 49.8 Å². The molecule has 1 unspecified atom stereocenters. The summed E-state index contributed by atoms with van der Waals surface area (Å²) >= 11 is 0. The third-order valence-corrected chi connectivity index (χ3v) is 5.65. The Kier molecular flexibility index (Phi) is 14.3. The first-order valence-corrected chi connectivity index (χ1v) is 11.3. The summed E-state index contributed by atoms with van der Waals surface area (Å²) in [4.78, 5) is 53.0. The fourth-order valence-electron chi connectivity index (χ4n) is 3.72. The number of rotatable bonds is 12. The second kappa shape index (κ2) is 16.3. The molecule has 1 saturated heterocycles. The number of nitrogens with zero attached hydrogens (tertiary/aromatic N) is 4.